The molecule has 1 aromatic carbocycles. The lowest BCUT2D eigenvalue weighted by atomic mass is 9.91. The number of ether oxygens (including phenoxy) is 1. The summed E-state index contributed by atoms with van der Waals surface area (Å²) >= 11 is 0. The van der Waals surface area contributed by atoms with Crippen LogP contribution in [0.25, 0.3) is 0 Å². The molecular weight excluding hydrogens is 446 g/mol. The molecule has 0 unspecified atom stereocenters. The third-order valence-electron chi connectivity index (χ3n) is 5.16. The van der Waals surface area contributed by atoms with Gasteiger partial charge in [0.2, 0.25) is 5.78 Å². The molecule has 2 aromatic rings. The number of carbonyl (C=O) groups is 1. The van der Waals surface area contributed by atoms with Crippen molar-refractivity contribution in [2.45, 2.75) is 46.0 Å². The zero-order chi connectivity index (χ0) is 25.5. The highest BCUT2D eigenvalue weighted by atomic mass is 19.2. The number of aliphatic hydroxyl groups is 2. The van der Waals surface area contributed by atoms with Crippen LogP contribution in [0.4, 0.5) is 14.6 Å². The number of aliphatic hydroxyl groups excluding tert-OH is 2. The zero-order valence-electron chi connectivity index (χ0n) is 20.1. The van der Waals surface area contributed by atoms with Gasteiger partial charge in [0, 0.05) is 19.3 Å². The normalized spacial score (nSPS) is 13.3. The first-order valence-corrected chi connectivity index (χ1v) is 11.3. The van der Waals surface area contributed by atoms with Crippen LogP contribution in [0.3, 0.4) is 0 Å². The summed E-state index contributed by atoms with van der Waals surface area (Å²) in [4.78, 5) is 19.9. The van der Waals surface area contributed by atoms with Gasteiger partial charge < -0.3 is 26.0 Å². The largest absolute Gasteiger partial charge is 0.496 e. The van der Waals surface area contributed by atoms with Crippen molar-refractivity contribution in [1.29, 1.82) is 0 Å². The van der Waals surface area contributed by atoms with Gasteiger partial charge in [-0.05, 0) is 25.0 Å². The molecule has 0 bridgehead atoms. The summed E-state index contributed by atoms with van der Waals surface area (Å²) in [6.45, 7) is 5.37. The fourth-order valence-electron chi connectivity index (χ4n) is 3.30. The first-order valence-electron chi connectivity index (χ1n) is 11.3. The maximum atomic E-state index is 13.8. The number of hydrogen-bond acceptors (Lipinski definition) is 8. The van der Waals surface area contributed by atoms with Crippen LogP contribution in [0.2, 0.25) is 0 Å². The molecule has 1 aromatic heterocycles. The number of nitrogens with zero attached hydrogens (tertiary/aromatic N) is 2. The Balaban J connectivity index is 0.000000337. The molecule has 0 amide bonds. The van der Waals surface area contributed by atoms with E-state index < -0.39 is 23.0 Å². The molecule has 1 heterocycles. The Hall–Kier alpha value is -2.69. The van der Waals surface area contributed by atoms with Crippen molar-refractivity contribution in [2.75, 3.05) is 39.1 Å². The van der Waals surface area contributed by atoms with Crippen molar-refractivity contribution in [3.63, 3.8) is 0 Å². The summed E-state index contributed by atoms with van der Waals surface area (Å²) in [6.07, 6.45) is 8.61. The minimum Gasteiger partial charge on any atom is -0.496 e. The highest BCUT2D eigenvalue weighted by Gasteiger charge is 2.24. The minimum absolute atomic E-state index is 0.0890. The number of carbonyl (C=O) groups excluding carboxylic acids is 1. The Morgan fingerprint density at radius 3 is 2.26 bits per heavy atom. The van der Waals surface area contributed by atoms with E-state index in [4.69, 9.17) is 20.7 Å². The summed E-state index contributed by atoms with van der Waals surface area (Å²) in [5, 5.41) is 19.1. The van der Waals surface area contributed by atoms with E-state index in [1.165, 1.54) is 45.4 Å². The number of hydrogen-bond donors (Lipinski definition) is 4. The zero-order valence-corrected chi connectivity index (χ0v) is 20.1. The molecule has 34 heavy (non-hydrogen) atoms. The lowest BCUT2D eigenvalue weighted by molar-refractivity contribution is 0.103. The van der Waals surface area contributed by atoms with E-state index in [1.54, 1.807) is 6.92 Å². The first kappa shape index (κ1) is 29.3. The average Bonchev–Trinajstić information content (AvgIpc) is 2.82. The molecule has 1 aliphatic rings. The molecule has 0 aliphatic heterocycles. The number of aryl methyl sites for hydroxylation is 1. The Kier molecular flexibility index (Phi) is 13.8. The van der Waals surface area contributed by atoms with Gasteiger partial charge in [-0.15, -0.1) is 0 Å². The van der Waals surface area contributed by atoms with Gasteiger partial charge >= 0.3 is 0 Å². The second-order valence-corrected chi connectivity index (χ2v) is 7.92. The van der Waals surface area contributed by atoms with Crippen LogP contribution in [-0.2, 0) is 0 Å². The van der Waals surface area contributed by atoms with Gasteiger partial charge in [0.15, 0.2) is 11.6 Å². The van der Waals surface area contributed by atoms with Crippen molar-refractivity contribution in [1.82, 2.24) is 15.3 Å². The number of methoxy groups -OCH3 is 1. The van der Waals surface area contributed by atoms with Crippen molar-refractivity contribution in [2.24, 2.45) is 5.92 Å². The van der Waals surface area contributed by atoms with Gasteiger partial charge in [0.25, 0.3) is 0 Å². The standard InChI is InChI=1S/C13H11F2N3O2.C7H14.C4H11NO2/c1-6-17-5-7(13(16)18-6)12(19)10-9(20-2)4-3-8(14)11(10)15;1-7-5-3-2-4-6-7;6-3-1-5-2-4-7/h3-5H,1-2H3,(H2,16,17,18);7H,2-6H2,1H3;5-7H,1-4H2. The summed E-state index contributed by atoms with van der Waals surface area (Å²) in [6, 6.07) is 2.04. The molecule has 0 spiro atoms. The van der Waals surface area contributed by atoms with E-state index in [0.717, 1.165) is 18.1 Å². The van der Waals surface area contributed by atoms with Crippen LogP contribution in [0.15, 0.2) is 18.3 Å². The van der Waals surface area contributed by atoms with Crippen LogP contribution in [0.1, 0.15) is 60.8 Å². The molecule has 3 rings (SSSR count). The van der Waals surface area contributed by atoms with Gasteiger partial charge in [-0.2, -0.15) is 0 Å². The topological polar surface area (TPSA) is 131 Å². The van der Waals surface area contributed by atoms with E-state index >= 15 is 0 Å². The fourth-order valence-corrected chi connectivity index (χ4v) is 3.30. The van der Waals surface area contributed by atoms with Gasteiger partial charge in [-0.3, -0.25) is 4.79 Å². The number of aromatic nitrogens is 2. The van der Waals surface area contributed by atoms with Gasteiger partial charge in [-0.1, -0.05) is 39.0 Å². The van der Waals surface area contributed by atoms with Crippen LogP contribution in [0, 0.1) is 24.5 Å². The molecule has 10 heteroatoms. The van der Waals surface area contributed by atoms with E-state index in [-0.39, 0.29) is 30.3 Å². The van der Waals surface area contributed by atoms with Crippen molar-refractivity contribution < 1.29 is 28.5 Å². The summed E-state index contributed by atoms with van der Waals surface area (Å²) in [5.41, 5.74) is 4.96. The number of nitrogens with one attached hydrogen (secondary N) is 1. The fraction of sp³-hybridized carbons (Fsp3) is 0.542. The van der Waals surface area contributed by atoms with Gasteiger partial charge in [0.05, 0.1) is 25.9 Å². The van der Waals surface area contributed by atoms with Crippen LogP contribution in [0.5, 0.6) is 5.75 Å². The number of benzene rings is 1. The van der Waals surface area contributed by atoms with Gasteiger partial charge in [-0.25, -0.2) is 18.7 Å². The summed E-state index contributed by atoms with van der Waals surface area (Å²) in [7, 11) is 1.25. The number of ketones is 1. The summed E-state index contributed by atoms with van der Waals surface area (Å²) < 4.78 is 32.0. The molecule has 5 N–H and O–H groups in total. The second-order valence-electron chi connectivity index (χ2n) is 7.92. The molecule has 0 saturated heterocycles. The molecule has 1 aliphatic carbocycles. The summed E-state index contributed by atoms with van der Waals surface area (Å²) in [5.74, 6) is -2.08. The van der Waals surface area contributed by atoms with E-state index in [2.05, 4.69) is 22.2 Å². The van der Waals surface area contributed by atoms with Crippen molar-refractivity contribution in [3.05, 3.63) is 46.9 Å². The molecule has 0 atom stereocenters. The van der Waals surface area contributed by atoms with E-state index in [1.807, 2.05) is 0 Å². The Labute approximate surface area is 199 Å². The lowest BCUT2D eigenvalue weighted by Gasteiger charge is -2.15. The molecule has 1 saturated carbocycles. The smallest absolute Gasteiger partial charge is 0.205 e. The van der Waals surface area contributed by atoms with Crippen LogP contribution >= 0.6 is 0 Å². The molecule has 190 valence electrons. The van der Waals surface area contributed by atoms with Crippen LogP contribution < -0.4 is 15.8 Å². The Bertz CT molecular complexity index is 890. The van der Waals surface area contributed by atoms with Crippen LogP contribution in [-0.4, -0.2) is 59.4 Å². The second kappa shape index (κ2) is 16.0. The van der Waals surface area contributed by atoms with Gasteiger partial charge in [0.1, 0.15) is 23.0 Å². The number of nitrogen functional groups attached to an aromatic ring is 1. The molecular formula is C24H36F2N4O4. The molecule has 8 nitrogen and oxygen atoms in total. The SMILES string of the molecule is CC1CCCCC1.COc1ccc(F)c(F)c1C(=O)c1cnc(C)nc1N.OCCNCCO. The number of rotatable bonds is 7. The third-order valence-corrected chi connectivity index (χ3v) is 5.16. The monoisotopic (exact) mass is 482 g/mol. The maximum absolute atomic E-state index is 13.8. The number of anilines is 1. The minimum atomic E-state index is -1.30. The average molecular weight is 483 g/mol. The number of nitrogens with two attached hydrogens (primary N) is 1. The maximum Gasteiger partial charge on any atom is 0.205 e. The predicted octanol–water partition coefficient (Wildman–Crippen LogP) is 3.03. The quantitative estimate of drug-likeness (QED) is 0.350. The highest BCUT2D eigenvalue weighted by Crippen LogP contribution is 2.27. The lowest BCUT2D eigenvalue weighted by Crippen LogP contribution is -2.21. The van der Waals surface area contributed by atoms with Crippen molar-refractivity contribution in [3.8, 4) is 5.75 Å². The third kappa shape index (κ3) is 9.66. The molecule has 0 radical (unpaired) electrons. The molecule has 1 fully saturated rings. The van der Waals surface area contributed by atoms with E-state index in [9.17, 15) is 13.6 Å². The Morgan fingerprint density at radius 2 is 1.79 bits per heavy atom. The first-order chi connectivity index (χ1) is 16.3. The number of halogens is 2. The van der Waals surface area contributed by atoms with Crippen molar-refractivity contribution >= 4 is 11.6 Å². The highest BCUT2D eigenvalue weighted by molar-refractivity contribution is 6.13. The predicted molar refractivity (Wildman–Crippen MR) is 127 cm³/mol. The van der Waals surface area contributed by atoms with E-state index in [0.29, 0.717) is 18.9 Å². The Morgan fingerprint density at radius 1 is 1.18 bits per heavy atom.